The van der Waals surface area contributed by atoms with E-state index in [-0.39, 0.29) is 23.7 Å². The highest BCUT2D eigenvalue weighted by atomic mass is 32.1. The maximum Gasteiger partial charge on any atom is 0.410 e. The van der Waals surface area contributed by atoms with E-state index in [2.05, 4.69) is 35.4 Å². The van der Waals surface area contributed by atoms with E-state index >= 15 is 0 Å². The van der Waals surface area contributed by atoms with Gasteiger partial charge in [0.05, 0.1) is 35.6 Å². The van der Waals surface area contributed by atoms with Gasteiger partial charge in [-0.3, -0.25) is 9.69 Å². The molecule has 4 aliphatic rings. The van der Waals surface area contributed by atoms with Gasteiger partial charge in [0, 0.05) is 43.2 Å². The van der Waals surface area contributed by atoms with E-state index in [0.717, 1.165) is 48.6 Å². The summed E-state index contributed by atoms with van der Waals surface area (Å²) in [4.78, 5) is 43.1. The zero-order valence-electron chi connectivity index (χ0n) is 21.5. The van der Waals surface area contributed by atoms with Gasteiger partial charge in [-0.15, -0.1) is 21.5 Å². The zero-order valence-corrected chi connectivity index (χ0v) is 22.3. The normalized spacial score (nSPS) is 20.5. The molecular weight excluding hydrogens is 532 g/mol. The van der Waals surface area contributed by atoms with Crippen LogP contribution in [0.15, 0.2) is 36.5 Å². The summed E-state index contributed by atoms with van der Waals surface area (Å²) in [5.41, 5.74) is 3.02. The Balaban J connectivity index is 1.07. The monoisotopic (exact) mass is 558 g/mol. The van der Waals surface area contributed by atoms with E-state index < -0.39 is 0 Å². The summed E-state index contributed by atoms with van der Waals surface area (Å²) in [6.45, 7) is 2.22. The van der Waals surface area contributed by atoms with Crippen LogP contribution in [0.2, 0.25) is 0 Å². The lowest BCUT2D eigenvalue weighted by Gasteiger charge is -2.37. The molecule has 2 saturated carbocycles. The first-order chi connectivity index (χ1) is 19.6. The number of piperazine rings is 1. The van der Waals surface area contributed by atoms with Crippen LogP contribution in [0, 0.1) is 0 Å². The summed E-state index contributed by atoms with van der Waals surface area (Å²) < 4.78 is 9.27. The fraction of sp³-hybridized carbons (Fsp3) is 0.423. The number of hydrogen-bond acceptors (Lipinski definition) is 10. The van der Waals surface area contributed by atoms with Crippen molar-refractivity contribution in [3.8, 4) is 16.5 Å². The first kappa shape index (κ1) is 23.5. The van der Waals surface area contributed by atoms with Crippen molar-refractivity contribution in [1.29, 1.82) is 0 Å². The average molecular weight is 559 g/mol. The molecule has 13 nitrogen and oxygen atoms in total. The second-order valence-corrected chi connectivity index (χ2v) is 11.6. The number of carbonyl (C=O) groups excluding carboxylic acids is 2. The largest absolute Gasteiger partial charge is 0.447 e. The highest BCUT2D eigenvalue weighted by molar-refractivity contribution is 7.13. The molecule has 8 rings (SSSR count). The van der Waals surface area contributed by atoms with Crippen LogP contribution in [0.25, 0.3) is 16.5 Å². The number of amides is 2. The van der Waals surface area contributed by atoms with Crippen LogP contribution in [-0.4, -0.2) is 83.5 Å². The van der Waals surface area contributed by atoms with Crippen LogP contribution in [0.5, 0.6) is 0 Å². The van der Waals surface area contributed by atoms with Crippen molar-refractivity contribution in [2.45, 2.75) is 43.7 Å². The molecule has 0 aromatic carbocycles. The van der Waals surface area contributed by atoms with Crippen molar-refractivity contribution in [1.82, 2.24) is 39.2 Å². The number of nitrogens with one attached hydrogen (secondary N) is 1. The molecule has 2 aliphatic heterocycles. The molecule has 0 spiro atoms. The molecule has 1 unspecified atom stereocenters. The van der Waals surface area contributed by atoms with Crippen LogP contribution in [0.4, 0.5) is 16.3 Å². The van der Waals surface area contributed by atoms with Gasteiger partial charge in [-0.2, -0.15) is 0 Å². The van der Waals surface area contributed by atoms with Gasteiger partial charge in [0.25, 0.3) is 5.91 Å². The second kappa shape index (κ2) is 9.11. The maximum atomic E-state index is 13.3. The van der Waals surface area contributed by atoms with Crippen LogP contribution in [0.1, 0.15) is 53.8 Å². The SMILES string of the molecule is O=C(Nc1csc(-c2nncn2C2CC2)n1)c1cc(-n2cnc(C3CC3)c2)c(N2CCN3C(=O)OCC3C2)cn1. The molecule has 1 atom stereocenters. The summed E-state index contributed by atoms with van der Waals surface area (Å²) in [7, 11) is 0. The summed E-state index contributed by atoms with van der Waals surface area (Å²) in [5.74, 6) is 1.32. The number of carbonyl (C=O) groups is 2. The van der Waals surface area contributed by atoms with Crippen LogP contribution < -0.4 is 10.2 Å². The predicted octanol–water partition coefficient (Wildman–Crippen LogP) is 3.09. The highest BCUT2D eigenvalue weighted by Gasteiger charge is 2.38. The number of aromatic nitrogens is 7. The number of cyclic esters (lactones) is 1. The standard InChI is InChI=1S/C26H26N10O3S/c37-24(30-22-12-40-25(31-22)23-32-29-14-36(23)16-3-4-16)18-7-20(34-10-19(28-13-34)15-1-2-15)21(8-27-18)33-5-6-35-17(9-33)11-39-26(35)38/h7-8,10,12-17H,1-6,9,11H2,(H,30,37). The third-order valence-corrected chi connectivity index (χ3v) is 8.72. The first-order valence-corrected chi connectivity index (χ1v) is 14.4. The molecule has 2 saturated heterocycles. The molecule has 2 aliphatic carbocycles. The molecular formula is C26H26N10O3S. The molecule has 40 heavy (non-hydrogen) atoms. The Hall–Kier alpha value is -4.33. The summed E-state index contributed by atoms with van der Waals surface area (Å²) >= 11 is 1.42. The number of fused-ring (bicyclic) bond motifs is 1. The number of anilines is 2. The number of imidazole rings is 1. The van der Waals surface area contributed by atoms with Crippen molar-refractivity contribution in [2.75, 3.05) is 36.5 Å². The molecule has 0 bridgehead atoms. The van der Waals surface area contributed by atoms with Gasteiger partial charge in [-0.05, 0) is 31.7 Å². The molecule has 4 aromatic rings. The highest BCUT2D eigenvalue weighted by Crippen LogP contribution is 2.40. The number of hydrogen-bond donors (Lipinski definition) is 1. The first-order valence-electron chi connectivity index (χ1n) is 13.5. The van der Waals surface area contributed by atoms with Crippen molar-refractivity contribution in [3.63, 3.8) is 0 Å². The quantitative estimate of drug-likeness (QED) is 0.363. The smallest absolute Gasteiger partial charge is 0.410 e. The van der Waals surface area contributed by atoms with Crippen molar-refractivity contribution in [3.05, 3.63) is 47.9 Å². The number of nitrogens with zero attached hydrogens (tertiary/aromatic N) is 9. The lowest BCUT2D eigenvalue weighted by atomic mass is 10.1. The van der Waals surface area contributed by atoms with Gasteiger partial charge < -0.3 is 24.1 Å². The minimum Gasteiger partial charge on any atom is -0.447 e. The van der Waals surface area contributed by atoms with Gasteiger partial charge in [0.1, 0.15) is 24.4 Å². The Morgan fingerprint density at radius 2 is 1.98 bits per heavy atom. The van der Waals surface area contributed by atoms with Gasteiger partial charge in [-0.1, -0.05) is 0 Å². The number of thiazole rings is 1. The van der Waals surface area contributed by atoms with E-state index in [1.54, 1.807) is 35.2 Å². The minimum absolute atomic E-state index is 0.00791. The summed E-state index contributed by atoms with van der Waals surface area (Å²) in [6, 6.07) is 2.22. The molecule has 0 radical (unpaired) electrons. The van der Waals surface area contributed by atoms with Gasteiger partial charge in [0.15, 0.2) is 10.8 Å². The predicted molar refractivity (Wildman–Crippen MR) is 145 cm³/mol. The van der Waals surface area contributed by atoms with E-state index in [4.69, 9.17) is 4.74 Å². The Bertz CT molecular complexity index is 1620. The third kappa shape index (κ3) is 4.18. The van der Waals surface area contributed by atoms with Crippen molar-refractivity contribution < 1.29 is 14.3 Å². The number of pyridine rings is 1. The molecule has 1 N–H and O–H groups in total. The van der Waals surface area contributed by atoms with E-state index in [0.29, 0.717) is 49.0 Å². The van der Waals surface area contributed by atoms with Gasteiger partial charge in [-0.25, -0.2) is 19.7 Å². The van der Waals surface area contributed by atoms with E-state index in [1.165, 1.54) is 11.3 Å². The van der Waals surface area contributed by atoms with Crippen molar-refractivity contribution >= 4 is 34.8 Å². The Kier molecular flexibility index (Phi) is 5.37. The molecule has 2 amide bonds. The maximum absolute atomic E-state index is 13.3. The molecule has 4 fully saturated rings. The van der Waals surface area contributed by atoms with Crippen LogP contribution >= 0.6 is 11.3 Å². The topological polar surface area (TPSA) is 136 Å². The third-order valence-electron chi connectivity index (χ3n) is 7.88. The summed E-state index contributed by atoms with van der Waals surface area (Å²) in [6.07, 6.45) is 11.6. The number of rotatable bonds is 7. The van der Waals surface area contributed by atoms with Crippen LogP contribution in [-0.2, 0) is 4.74 Å². The lowest BCUT2D eigenvalue weighted by Crippen LogP contribution is -2.52. The van der Waals surface area contributed by atoms with Gasteiger partial charge in [0.2, 0.25) is 0 Å². The molecule has 4 aromatic heterocycles. The lowest BCUT2D eigenvalue weighted by molar-refractivity contribution is 0.102. The Labute approximate surface area is 232 Å². The zero-order chi connectivity index (χ0) is 26.8. The second-order valence-electron chi connectivity index (χ2n) is 10.7. The Morgan fingerprint density at radius 1 is 1.07 bits per heavy atom. The fourth-order valence-electron chi connectivity index (χ4n) is 5.41. The average Bonchev–Trinajstić information content (AvgIpc) is 3.78. The van der Waals surface area contributed by atoms with Gasteiger partial charge >= 0.3 is 6.09 Å². The Morgan fingerprint density at radius 3 is 2.83 bits per heavy atom. The van der Waals surface area contributed by atoms with E-state index in [9.17, 15) is 9.59 Å². The fourth-order valence-corrected chi connectivity index (χ4v) is 6.15. The van der Waals surface area contributed by atoms with Crippen molar-refractivity contribution in [2.24, 2.45) is 0 Å². The van der Waals surface area contributed by atoms with Crippen LogP contribution in [0.3, 0.4) is 0 Å². The molecule has 14 heteroatoms. The molecule has 204 valence electrons. The molecule has 6 heterocycles. The minimum atomic E-state index is -0.351. The van der Waals surface area contributed by atoms with E-state index in [1.807, 2.05) is 15.3 Å². The summed E-state index contributed by atoms with van der Waals surface area (Å²) in [5, 5.41) is 13.7. The number of ether oxygens (including phenoxy) is 1.